The van der Waals surface area contributed by atoms with Gasteiger partial charge in [0.2, 0.25) is 5.91 Å². The molecule has 7 nitrogen and oxygen atoms in total. The van der Waals surface area contributed by atoms with Crippen LogP contribution in [0.15, 0.2) is 29.3 Å². The molecule has 0 spiro atoms. The number of rotatable bonds is 8. The molecule has 1 aromatic carbocycles. The number of carbonyl (C=O) groups is 1. The van der Waals surface area contributed by atoms with Crippen molar-refractivity contribution in [1.29, 1.82) is 0 Å². The third-order valence-corrected chi connectivity index (χ3v) is 5.54. The van der Waals surface area contributed by atoms with Gasteiger partial charge in [0.15, 0.2) is 5.96 Å². The normalized spacial score (nSPS) is 18.4. The predicted molar refractivity (Wildman–Crippen MR) is 117 cm³/mol. The average Bonchev–Trinajstić information content (AvgIpc) is 2.77. The monoisotopic (exact) mass is 401 g/mol. The first-order chi connectivity index (χ1) is 14.2. The Morgan fingerprint density at radius 3 is 2.72 bits per heavy atom. The summed E-state index contributed by atoms with van der Waals surface area (Å²) in [6.45, 7) is 4.35. The molecule has 1 heterocycles. The summed E-state index contributed by atoms with van der Waals surface area (Å²) in [5.74, 6) is 0.889. The van der Waals surface area contributed by atoms with Gasteiger partial charge in [0, 0.05) is 45.5 Å². The van der Waals surface area contributed by atoms with Crippen LogP contribution in [-0.2, 0) is 16.1 Å². The van der Waals surface area contributed by atoms with Crippen LogP contribution in [0, 0.1) is 0 Å². The second-order valence-corrected chi connectivity index (χ2v) is 7.77. The highest BCUT2D eigenvalue weighted by molar-refractivity contribution is 5.82. The second-order valence-electron chi connectivity index (χ2n) is 7.77. The van der Waals surface area contributed by atoms with E-state index in [1.807, 2.05) is 0 Å². The molecule has 0 bridgehead atoms. The Morgan fingerprint density at radius 2 is 2.00 bits per heavy atom. The third kappa shape index (κ3) is 7.24. The van der Waals surface area contributed by atoms with Gasteiger partial charge >= 0.3 is 0 Å². The van der Waals surface area contributed by atoms with Crippen LogP contribution in [0.1, 0.15) is 44.1 Å². The van der Waals surface area contributed by atoms with Crippen LogP contribution in [0.5, 0.6) is 0 Å². The lowest BCUT2D eigenvalue weighted by molar-refractivity contribution is -0.120. The number of nitrogens with one attached hydrogen (secondary N) is 3. The zero-order valence-electron chi connectivity index (χ0n) is 17.6. The molecule has 3 N–H and O–H groups in total. The number of nitrogens with zero attached hydrogens (tertiary/aromatic N) is 2. The molecule has 2 fully saturated rings. The maximum atomic E-state index is 11.5. The number of piperazine rings is 1. The van der Waals surface area contributed by atoms with Crippen LogP contribution in [0.25, 0.3) is 0 Å². The van der Waals surface area contributed by atoms with E-state index in [-0.39, 0.29) is 5.91 Å². The first-order valence-corrected chi connectivity index (χ1v) is 10.9. The van der Waals surface area contributed by atoms with E-state index >= 15 is 0 Å². The maximum absolute atomic E-state index is 11.5. The van der Waals surface area contributed by atoms with Crippen LogP contribution >= 0.6 is 0 Å². The highest BCUT2D eigenvalue weighted by atomic mass is 16.5. The summed E-state index contributed by atoms with van der Waals surface area (Å²) in [5.41, 5.74) is 2.27. The SMILES string of the molecule is CN=C(NCCCOC1CCCCC1)NCc1ccc(N2CCNC(=O)C2)cc1. The zero-order valence-corrected chi connectivity index (χ0v) is 17.6. The fourth-order valence-corrected chi connectivity index (χ4v) is 3.85. The Morgan fingerprint density at radius 1 is 1.21 bits per heavy atom. The number of hydrogen-bond acceptors (Lipinski definition) is 4. The van der Waals surface area contributed by atoms with Crippen LogP contribution in [0.4, 0.5) is 5.69 Å². The molecule has 1 amide bonds. The predicted octanol–water partition coefficient (Wildman–Crippen LogP) is 2.03. The number of ether oxygens (including phenoxy) is 1. The third-order valence-electron chi connectivity index (χ3n) is 5.54. The molecule has 0 aromatic heterocycles. The standard InChI is InChI=1S/C22H35N5O2/c1-23-22(25-12-5-15-29-20-6-3-2-4-7-20)26-16-18-8-10-19(11-9-18)27-14-13-24-21(28)17-27/h8-11,20H,2-7,12-17H2,1H3,(H,24,28)(H2,23,25,26). The van der Waals surface area contributed by atoms with E-state index < -0.39 is 0 Å². The van der Waals surface area contributed by atoms with Gasteiger partial charge in [-0.1, -0.05) is 31.4 Å². The lowest BCUT2D eigenvalue weighted by Crippen LogP contribution is -2.47. The molecule has 1 aliphatic heterocycles. The van der Waals surface area contributed by atoms with Gasteiger partial charge in [-0.3, -0.25) is 9.79 Å². The summed E-state index contributed by atoms with van der Waals surface area (Å²) in [7, 11) is 1.79. The summed E-state index contributed by atoms with van der Waals surface area (Å²) in [6, 6.07) is 8.35. The fourth-order valence-electron chi connectivity index (χ4n) is 3.85. The van der Waals surface area contributed by atoms with E-state index in [1.165, 1.54) is 37.7 Å². The van der Waals surface area contributed by atoms with Gasteiger partial charge in [0.25, 0.3) is 0 Å². The first kappa shape index (κ1) is 21.4. The van der Waals surface area contributed by atoms with Crippen molar-refractivity contribution >= 4 is 17.6 Å². The van der Waals surface area contributed by atoms with E-state index in [9.17, 15) is 4.79 Å². The maximum Gasteiger partial charge on any atom is 0.239 e. The van der Waals surface area contributed by atoms with Crippen LogP contribution in [0.3, 0.4) is 0 Å². The molecular formula is C22H35N5O2. The number of aliphatic imine (C=N–C) groups is 1. The summed E-state index contributed by atoms with van der Waals surface area (Å²) in [4.78, 5) is 17.9. The number of carbonyl (C=O) groups excluding carboxylic acids is 1. The molecule has 0 radical (unpaired) electrons. The Hall–Kier alpha value is -2.28. The topological polar surface area (TPSA) is 78.0 Å². The molecule has 3 rings (SSSR count). The Labute approximate surface area is 174 Å². The van der Waals surface area contributed by atoms with Crippen molar-refractivity contribution in [3.8, 4) is 0 Å². The molecule has 1 aromatic rings. The minimum absolute atomic E-state index is 0.0843. The largest absolute Gasteiger partial charge is 0.378 e. The molecule has 1 saturated heterocycles. The Bertz CT molecular complexity index is 656. The smallest absolute Gasteiger partial charge is 0.239 e. The lowest BCUT2D eigenvalue weighted by Gasteiger charge is -2.28. The molecule has 7 heteroatoms. The number of anilines is 1. The van der Waals surface area contributed by atoms with Crippen molar-refractivity contribution in [3.05, 3.63) is 29.8 Å². The van der Waals surface area contributed by atoms with Crippen molar-refractivity contribution in [3.63, 3.8) is 0 Å². The van der Waals surface area contributed by atoms with Gasteiger partial charge in [-0.2, -0.15) is 0 Å². The average molecular weight is 402 g/mol. The summed E-state index contributed by atoms with van der Waals surface area (Å²) in [6.07, 6.45) is 7.89. The van der Waals surface area contributed by atoms with Crippen molar-refractivity contribution in [2.75, 3.05) is 44.7 Å². The first-order valence-electron chi connectivity index (χ1n) is 10.9. The van der Waals surface area contributed by atoms with Crippen LogP contribution in [-0.4, -0.2) is 57.8 Å². The van der Waals surface area contributed by atoms with E-state index in [2.05, 4.69) is 50.1 Å². The van der Waals surface area contributed by atoms with Crippen molar-refractivity contribution in [1.82, 2.24) is 16.0 Å². The minimum atomic E-state index is 0.0843. The zero-order chi connectivity index (χ0) is 20.3. The Balaban J connectivity index is 1.33. The lowest BCUT2D eigenvalue weighted by atomic mass is 9.98. The van der Waals surface area contributed by atoms with Gasteiger partial charge in [0.05, 0.1) is 12.6 Å². The molecule has 1 saturated carbocycles. The van der Waals surface area contributed by atoms with Crippen molar-refractivity contribution < 1.29 is 9.53 Å². The van der Waals surface area contributed by atoms with Gasteiger partial charge in [-0.15, -0.1) is 0 Å². The number of guanidine groups is 1. The van der Waals surface area contributed by atoms with Gasteiger partial charge < -0.3 is 25.6 Å². The van der Waals surface area contributed by atoms with Crippen LogP contribution in [0.2, 0.25) is 0 Å². The van der Waals surface area contributed by atoms with E-state index in [0.717, 1.165) is 37.8 Å². The molecule has 0 atom stereocenters. The number of hydrogen-bond donors (Lipinski definition) is 3. The number of amides is 1. The van der Waals surface area contributed by atoms with Gasteiger partial charge in [-0.05, 0) is 37.0 Å². The summed E-state index contributed by atoms with van der Waals surface area (Å²) in [5, 5.41) is 9.56. The van der Waals surface area contributed by atoms with Gasteiger partial charge in [0.1, 0.15) is 0 Å². The summed E-state index contributed by atoms with van der Waals surface area (Å²) >= 11 is 0. The quantitative estimate of drug-likeness (QED) is 0.353. The molecular weight excluding hydrogens is 366 g/mol. The fraction of sp³-hybridized carbons (Fsp3) is 0.636. The Kier molecular flexibility index (Phi) is 8.61. The second kappa shape index (κ2) is 11.7. The molecule has 0 unspecified atom stereocenters. The highest BCUT2D eigenvalue weighted by Gasteiger charge is 2.16. The van der Waals surface area contributed by atoms with Crippen molar-refractivity contribution in [2.45, 2.75) is 51.2 Å². The van der Waals surface area contributed by atoms with Gasteiger partial charge in [-0.25, -0.2) is 0 Å². The molecule has 29 heavy (non-hydrogen) atoms. The van der Waals surface area contributed by atoms with E-state index in [0.29, 0.717) is 25.7 Å². The van der Waals surface area contributed by atoms with E-state index in [1.54, 1.807) is 7.05 Å². The molecule has 2 aliphatic rings. The van der Waals surface area contributed by atoms with E-state index in [4.69, 9.17) is 4.74 Å². The highest BCUT2D eigenvalue weighted by Crippen LogP contribution is 2.20. The molecule has 1 aliphatic carbocycles. The number of benzene rings is 1. The minimum Gasteiger partial charge on any atom is -0.378 e. The van der Waals surface area contributed by atoms with Crippen molar-refractivity contribution in [2.24, 2.45) is 4.99 Å². The molecule has 160 valence electrons. The summed E-state index contributed by atoms with van der Waals surface area (Å²) < 4.78 is 5.97. The van der Waals surface area contributed by atoms with Crippen LogP contribution < -0.4 is 20.9 Å².